The summed E-state index contributed by atoms with van der Waals surface area (Å²) in [5, 5.41) is 11.6. The molecule has 1 aromatic carbocycles. The van der Waals surface area contributed by atoms with E-state index < -0.39 is 22.0 Å². The summed E-state index contributed by atoms with van der Waals surface area (Å²) in [7, 11) is -0.564. The molecule has 1 aliphatic rings. The summed E-state index contributed by atoms with van der Waals surface area (Å²) >= 11 is 0. The number of hydroxylamine groups is 2. The van der Waals surface area contributed by atoms with Crippen molar-refractivity contribution in [3.8, 4) is 23.0 Å². The number of fused-ring (bicyclic) bond motifs is 1. The molecule has 1 amide bonds. The number of amides is 1. The first kappa shape index (κ1) is 26.5. The van der Waals surface area contributed by atoms with Gasteiger partial charge in [-0.1, -0.05) is 13.0 Å². The van der Waals surface area contributed by atoms with Gasteiger partial charge in [-0.3, -0.25) is 14.6 Å². The monoisotopic (exact) mass is 552 g/mol. The van der Waals surface area contributed by atoms with Gasteiger partial charge in [0, 0.05) is 32.3 Å². The quantitative estimate of drug-likeness (QED) is 0.312. The van der Waals surface area contributed by atoms with Crippen LogP contribution >= 0.6 is 0 Å². The number of H-pyrrole nitrogens is 1. The van der Waals surface area contributed by atoms with E-state index in [1.807, 2.05) is 18.2 Å². The van der Waals surface area contributed by atoms with Crippen molar-refractivity contribution in [3.05, 3.63) is 54.9 Å². The van der Waals surface area contributed by atoms with Gasteiger partial charge in [0.15, 0.2) is 26.4 Å². The molecule has 0 aliphatic carbocycles. The Kier molecular flexibility index (Phi) is 7.21. The van der Waals surface area contributed by atoms with E-state index in [0.717, 1.165) is 5.06 Å². The van der Waals surface area contributed by atoms with E-state index in [-0.39, 0.29) is 29.7 Å². The summed E-state index contributed by atoms with van der Waals surface area (Å²) in [6.45, 7) is 1.73. The van der Waals surface area contributed by atoms with Gasteiger partial charge in [0.2, 0.25) is 0 Å². The van der Waals surface area contributed by atoms with Crippen molar-refractivity contribution in [1.29, 1.82) is 0 Å². The fourth-order valence-corrected chi connectivity index (χ4v) is 5.24. The maximum Gasteiger partial charge on any atom is 0.268 e. The van der Waals surface area contributed by atoms with Gasteiger partial charge in [0.1, 0.15) is 17.5 Å². The largest absolute Gasteiger partial charge is 0.453 e. The van der Waals surface area contributed by atoms with Crippen LogP contribution in [0.3, 0.4) is 0 Å². The minimum Gasteiger partial charge on any atom is -0.453 e. The minimum absolute atomic E-state index is 0.0451. The first-order valence-corrected chi connectivity index (χ1v) is 13.9. The molecule has 12 nitrogen and oxygen atoms in total. The van der Waals surface area contributed by atoms with Gasteiger partial charge in [-0.15, -0.1) is 0 Å². The predicted molar refractivity (Wildman–Crippen MR) is 143 cm³/mol. The maximum absolute atomic E-state index is 13.1. The number of hydrogen-bond donors (Lipinski definition) is 2. The normalized spacial score (nSPS) is 17.5. The van der Waals surface area contributed by atoms with Crippen LogP contribution in [0.5, 0.6) is 11.5 Å². The highest BCUT2D eigenvalue weighted by atomic mass is 32.2. The summed E-state index contributed by atoms with van der Waals surface area (Å²) in [5.41, 5.74) is 2.45. The van der Waals surface area contributed by atoms with Crippen molar-refractivity contribution < 1.29 is 27.9 Å². The third kappa shape index (κ3) is 5.28. The molecule has 4 heterocycles. The third-order valence-electron chi connectivity index (χ3n) is 6.56. The number of rotatable bonds is 8. The summed E-state index contributed by atoms with van der Waals surface area (Å²) in [5.74, 6) is 0.804. The lowest BCUT2D eigenvalue weighted by atomic mass is 10.1. The van der Waals surface area contributed by atoms with Crippen molar-refractivity contribution in [2.24, 2.45) is 0 Å². The van der Waals surface area contributed by atoms with Gasteiger partial charge in [-0.25, -0.2) is 23.4 Å². The summed E-state index contributed by atoms with van der Waals surface area (Å²) in [6, 6.07) is 11.2. The van der Waals surface area contributed by atoms with Crippen LogP contribution in [0.1, 0.15) is 13.3 Å². The van der Waals surface area contributed by atoms with E-state index in [9.17, 15) is 18.3 Å². The SMILES string of the molecule is CCS(=O)(=O)c1ccc(Oc2cc3nc(-c4ccccn4)[nH]c3cc2N2C[C@H](O)C[C@@H]2C(=O)N(C)OC)cn1. The Morgan fingerprint density at radius 2 is 2.05 bits per heavy atom. The zero-order chi connectivity index (χ0) is 27.7. The number of nitrogens with zero attached hydrogens (tertiary/aromatic N) is 5. The number of anilines is 1. The Morgan fingerprint density at radius 3 is 2.72 bits per heavy atom. The molecule has 2 atom stereocenters. The first-order valence-electron chi connectivity index (χ1n) is 12.3. The second-order valence-corrected chi connectivity index (χ2v) is 11.3. The summed E-state index contributed by atoms with van der Waals surface area (Å²) < 4.78 is 30.5. The van der Waals surface area contributed by atoms with Gasteiger partial charge in [-0.05, 0) is 30.3 Å². The van der Waals surface area contributed by atoms with Crippen LogP contribution < -0.4 is 9.64 Å². The molecule has 0 radical (unpaired) electrons. The van der Waals surface area contributed by atoms with Crippen molar-refractivity contribution >= 4 is 32.5 Å². The van der Waals surface area contributed by atoms with E-state index in [1.165, 1.54) is 32.5 Å². The van der Waals surface area contributed by atoms with Crippen molar-refractivity contribution in [3.63, 3.8) is 0 Å². The van der Waals surface area contributed by atoms with Crippen LogP contribution in [0.2, 0.25) is 0 Å². The number of imidazole rings is 1. The number of benzene rings is 1. The number of nitrogens with one attached hydrogen (secondary N) is 1. The van der Waals surface area contributed by atoms with Gasteiger partial charge < -0.3 is 19.7 Å². The number of sulfone groups is 1. The zero-order valence-electron chi connectivity index (χ0n) is 21.6. The molecular weight excluding hydrogens is 524 g/mol. The molecule has 39 heavy (non-hydrogen) atoms. The summed E-state index contributed by atoms with van der Waals surface area (Å²) in [6.07, 6.45) is 2.46. The van der Waals surface area contributed by atoms with E-state index in [1.54, 1.807) is 30.2 Å². The van der Waals surface area contributed by atoms with Crippen LogP contribution in [0, 0.1) is 0 Å². The first-order chi connectivity index (χ1) is 18.7. The molecule has 0 saturated carbocycles. The molecule has 0 bridgehead atoms. The van der Waals surface area contributed by atoms with Crippen molar-refractivity contribution in [1.82, 2.24) is 25.0 Å². The fourth-order valence-electron chi connectivity index (χ4n) is 4.46. The Hall–Kier alpha value is -4.07. The smallest absolute Gasteiger partial charge is 0.268 e. The molecule has 4 aromatic rings. The Labute approximate surface area is 225 Å². The molecule has 1 fully saturated rings. The Morgan fingerprint density at radius 1 is 1.23 bits per heavy atom. The molecular formula is C26H28N6O6S. The molecule has 204 valence electrons. The number of aromatic nitrogens is 4. The molecule has 1 aliphatic heterocycles. The van der Waals surface area contributed by atoms with E-state index >= 15 is 0 Å². The van der Waals surface area contributed by atoms with E-state index in [2.05, 4.69) is 19.9 Å². The number of pyridine rings is 2. The molecule has 0 spiro atoms. The van der Waals surface area contributed by atoms with Crippen molar-refractivity contribution in [2.75, 3.05) is 31.4 Å². The van der Waals surface area contributed by atoms with Crippen LogP contribution in [-0.2, 0) is 19.5 Å². The average molecular weight is 553 g/mol. The molecule has 0 unspecified atom stereocenters. The highest BCUT2D eigenvalue weighted by Crippen LogP contribution is 2.40. The lowest BCUT2D eigenvalue weighted by Crippen LogP contribution is -2.43. The topological polar surface area (TPSA) is 151 Å². The highest BCUT2D eigenvalue weighted by molar-refractivity contribution is 7.91. The number of likely N-dealkylation sites (N-methyl/N-ethyl adjacent to an activating group) is 1. The zero-order valence-corrected chi connectivity index (χ0v) is 22.4. The van der Waals surface area contributed by atoms with Gasteiger partial charge in [0.25, 0.3) is 5.91 Å². The second kappa shape index (κ2) is 10.6. The van der Waals surface area contributed by atoms with Crippen LogP contribution in [0.15, 0.2) is 59.9 Å². The van der Waals surface area contributed by atoms with Crippen LogP contribution in [-0.4, -0.2) is 83.0 Å². The molecule has 1 saturated heterocycles. The lowest BCUT2D eigenvalue weighted by molar-refractivity contribution is -0.170. The molecule has 13 heteroatoms. The Bertz CT molecular complexity index is 1590. The van der Waals surface area contributed by atoms with Crippen LogP contribution in [0.25, 0.3) is 22.6 Å². The number of β-amino-alcohol motifs (C(OH)–C–C–N with tert-alkyl or cyclic N) is 1. The fraction of sp³-hybridized carbons (Fsp3) is 0.308. The minimum atomic E-state index is -3.47. The summed E-state index contributed by atoms with van der Waals surface area (Å²) in [4.78, 5) is 36.3. The molecule has 2 N–H and O–H groups in total. The molecule has 5 rings (SSSR count). The average Bonchev–Trinajstić information content (AvgIpc) is 3.55. The van der Waals surface area contributed by atoms with Crippen molar-refractivity contribution in [2.45, 2.75) is 30.5 Å². The number of carbonyl (C=O) groups excluding carboxylic acids is 1. The Balaban J connectivity index is 1.59. The maximum atomic E-state index is 13.1. The number of hydrogen-bond acceptors (Lipinski definition) is 10. The van der Waals surface area contributed by atoms with E-state index in [4.69, 9.17) is 9.57 Å². The number of ether oxygens (including phenoxy) is 1. The standard InChI is InChI=1S/C26H28N6O6S/c1-4-39(35,36)24-9-8-17(14-28-24)38-23-13-20-19(29-25(30-20)18-7-5-6-10-27-18)12-21(23)32-15-16(33)11-22(32)26(34)31(2)37-3/h5-10,12-14,16,22,33H,4,11,15H2,1-3H3,(H,29,30)/t16-,22-/m1/s1. The predicted octanol–water partition coefficient (Wildman–Crippen LogP) is 2.57. The van der Waals surface area contributed by atoms with Gasteiger partial charge in [-0.2, -0.15) is 0 Å². The molecule has 3 aromatic heterocycles. The third-order valence-corrected chi connectivity index (χ3v) is 8.20. The number of aliphatic hydroxyl groups is 1. The lowest BCUT2D eigenvalue weighted by Gasteiger charge is -2.29. The van der Waals surface area contributed by atoms with Gasteiger partial charge >= 0.3 is 0 Å². The second-order valence-electron chi connectivity index (χ2n) is 9.05. The van der Waals surface area contributed by atoms with Crippen LogP contribution in [0.4, 0.5) is 5.69 Å². The number of aliphatic hydroxyl groups excluding tert-OH is 1. The number of carbonyl (C=O) groups is 1. The number of aromatic amines is 1. The highest BCUT2D eigenvalue weighted by Gasteiger charge is 2.39. The van der Waals surface area contributed by atoms with Gasteiger partial charge in [0.05, 0.1) is 41.9 Å². The van der Waals surface area contributed by atoms with E-state index in [0.29, 0.717) is 39.7 Å².